The molecule has 0 aromatic heterocycles. The van der Waals surface area contributed by atoms with E-state index in [4.69, 9.17) is 15.2 Å². The molecule has 0 aromatic carbocycles. The second-order valence-corrected chi connectivity index (χ2v) is 3.71. The van der Waals surface area contributed by atoms with Crippen molar-refractivity contribution in [3.05, 3.63) is 0 Å². The van der Waals surface area contributed by atoms with Crippen LogP contribution < -0.4 is 5.73 Å². The smallest absolute Gasteiger partial charge is 0.322 e. The van der Waals surface area contributed by atoms with E-state index in [1.807, 2.05) is 0 Å². The molecule has 4 nitrogen and oxygen atoms in total. The Morgan fingerprint density at radius 3 is 2.64 bits per heavy atom. The Balaban J connectivity index is 2.29. The quantitative estimate of drug-likeness (QED) is 0.642. The fourth-order valence-electron chi connectivity index (χ4n) is 1.54. The Morgan fingerprint density at radius 2 is 2.21 bits per heavy atom. The second kappa shape index (κ2) is 5.32. The van der Waals surface area contributed by atoms with E-state index >= 15 is 0 Å². The van der Waals surface area contributed by atoms with E-state index in [1.54, 1.807) is 14.0 Å². The molecule has 0 aromatic rings. The van der Waals surface area contributed by atoms with Crippen molar-refractivity contribution in [1.82, 2.24) is 0 Å². The van der Waals surface area contributed by atoms with Gasteiger partial charge in [-0.15, -0.1) is 0 Å². The lowest BCUT2D eigenvalue weighted by molar-refractivity contribution is -0.145. The van der Waals surface area contributed by atoms with Crippen molar-refractivity contribution in [3.8, 4) is 0 Å². The Morgan fingerprint density at radius 1 is 1.57 bits per heavy atom. The van der Waals surface area contributed by atoms with Crippen LogP contribution in [-0.4, -0.2) is 31.8 Å². The number of nitrogens with two attached hydrogens (primary N) is 1. The van der Waals surface area contributed by atoms with Gasteiger partial charge < -0.3 is 15.2 Å². The lowest BCUT2D eigenvalue weighted by atomic mass is 10.1. The zero-order valence-electron chi connectivity index (χ0n) is 8.86. The summed E-state index contributed by atoms with van der Waals surface area (Å²) >= 11 is 0. The van der Waals surface area contributed by atoms with Crippen LogP contribution in [0.1, 0.15) is 26.2 Å². The summed E-state index contributed by atoms with van der Waals surface area (Å²) in [5, 5.41) is 0. The van der Waals surface area contributed by atoms with Crippen molar-refractivity contribution >= 4 is 5.97 Å². The number of hydrogen-bond donors (Lipinski definition) is 1. The van der Waals surface area contributed by atoms with Crippen LogP contribution in [0.4, 0.5) is 0 Å². The molecule has 0 bridgehead atoms. The van der Waals surface area contributed by atoms with Crippen LogP contribution in [0.15, 0.2) is 0 Å². The van der Waals surface area contributed by atoms with Crippen molar-refractivity contribution in [2.75, 3.05) is 13.7 Å². The van der Waals surface area contributed by atoms with E-state index in [-0.39, 0.29) is 12.1 Å². The number of carbonyl (C=O) groups excluding carboxylic acids is 1. The van der Waals surface area contributed by atoms with Crippen molar-refractivity contribution in [3.63, 3.8) is 0 Å². The van der Waals surface area contributed by atoms with Gasteiger partial charge in [0.15, 0.2) is 0 Å². The molecule has 82 valence electrons. The molecule has 0 aliphatic heterocycles. The van der Waals surface area contributed by atoms with Crippen LogP contribution in [0.3, 0.4) is 0 Å². The summed E-state index contributed by atoms with van der Waals surface area (Å²) in [6.45, 7) is 2.16. The number of carbonyl (C=O) groups is 1. The first-order valence-electron chi connectivity index (χ1n) is 5.14. The maximum absolute atomic E-state index is 11.2. The molecule has 0 unspecified atom stereocenters. The van der Waals surface area contributed by atoms with Crippen LogP contribution in [-0.2, 0) is 14.3 Å². The standard InChI is InChI=1S/C10H19NO3/c1-3-14-10(12)8(11)6-9(13-2)7-4-5-7/h7-9H,3-6,11H2,1-2H3/t8-,9+/m1/s1. The van der Waals surface area contributed by atoms with Gasteiger partial charge >= 0.3 is 5.97 Å². The number of rotatable bonds is 6. The van der Waals surface area contributed by atoms with Gasteiger partial charge in [-0.2, -0.15) is 0 Å². The van der Waals surface area contributed by atoms with Crippen molar-refractivity contribution < 1.29 is 14.3 Å². The lowest BCUT2D eigenvalue weighted by Gasteiger charge is -2.18. The van der Waals surface area contributed by atoms with Gasteiger partial charge in [0.1, 0.15) is 6.04 Å². The Hall–Kier alpha value is -0.610. The molecule has 0 radical (unpaired) electrons. The summed E-state index contributed by atoms with van der Waals surface area (Å²) < 4.78 is 10.1. The number of hydrogen-bond acceptors (Lipinski definition) is 4. The molecule has 1 rings (SSSR count). The van der Waals surface area contributed by atoms with Gasteiger partial charge in [0, 0.05) is 7.11 Å². The van der Waals surface area contributed by atoms with Crippen molar-refractivity contribution in [2.24, 2.45) is 11.7 Å². The molecule has 2 N–H and O–H groups in total. The maximum Gasteiger partial charge on any atom is 0.322 e. The predicted octanol–water partition coefficient (Wildman–Crippen LogP) is 0.692. The van der Waals surface area contributed by atoms with Gasteiger partial charge in [0.2, 0.25) is 0 Å². The van der Waals surface area contributed by atoms with Crippen LogP contribution in [0, 0.1) is 5.92 Å². The third-order valence-corrected chi connectivity index (χ3v) is 2.53. The summed E-state index contributed by atoms with van der Waals surface area (Å²) in [4.78, 5) is 11.2. The van der Waals surface area contributed by atoms with Crippen LogP contribution in [0.25, 0.3) is 0 Å². The Labute approximate surface area is 84.7 Å². The SMILES string of the molecule is CCOC(=O)[C@H](N)C[C@H](OC)C1CC1. The van der Waals surface area contributed by atoms with Gasteiger partial charge in [-0.05, 0) is 32.1 Å². The highest BCUT2D eigenvalue weighted by atomic mass is 16.5. The van der Waals surface area contributed by atoms with Crippen molar-refractivity contribution in [2.45, 2.75) is 38.3 Å². The summed E-state index contributed by atoms with van der Waals surface area (Å²) in [7, 11) is 1.67. The monoisotopic (exact) mass is 201 g/mol. The largest absolute Gasteiger partial charge is 0.465 e. The van der Waals surface area contributed by atoms with E-state index < -0.39 is 6.04 Å². The summed E-state index contributed by atoms with van der Waals surface area (Å²) in [6, 6.07) is -0.541. The Bertz CT molecular complexity index is 192. The van der Waals surface area contributed by atoms with Crippen LogP contribution >= 0.6 is 0 Å². The Kier molecular flexibility index (Phi) is 4.35. The highest BCUT2D eigenvalue weighted by Crippen LogP contribution is 2.35. The molecule has 1 aliphatic rings. The predicted molar refractivity (Wildman–Crippen MR) is 52.7 cm³/mol. The van der Waals surface area contributed by atoms with Crippen LogP contribution in [0.2, 0.25) is 0 Å². The highest BCUT2D eigenvalue weighted by molar-refractivity contribution is 5.75. The average Bonchev–Trinajstić information content (AvgIpc) is 2.97. The fraction of sp³-hybridized carbons (Fsp3) is 0.900. The number of esters is 1. The highest BCUT2D eigenvalue weighted by Gasteiger charge is 2.33. The molecule has 14 heavy (non-hydrogen) atoms. The van der Waals surface area contributed by atoms with E-state index in [2.05, 4.69) is 0 Å². The molecule has 0 amide bonds. The van der Waals surface area contributed by atoms with Gasteiger partial charge in [0.05, 0.1) is 12.7 Å². The first-order valence-corrected chi connectivity index (χ1v) is 5.14. The normalized spacial score (nSPS) is 20.2. The zero-order valence-corrected chi connectivity index (χ0v) is 8.86. The minimum atomic E-state index is -0.541. The fourth-order valence-corrected chi connectivity index (χ4v) is 1.54. The second-order valence-electron chi connectivity index (χ2n) is 3.71. The third kappa shape index (κ3) is 3.27. The third-order valence-electron chi connectivity index (χ3n) is 2.53. The van der Waals surface area contributed by atoms with Gasteiger partial charge in [-0.1, -0.05) is 0 Å². The van der Waals surface area contributed by atoms with Gasteiger partial charge in [-0.25, -0.2) is 0 Å². The first kappa shape index (κ1) is 11.5. The molecule has 0 heterocycles. The molecule has 1 saturated carbocycles. The topological polar surface area (TPSA) is 61.5 Å². The van der Waals surface area contributed by atoms with Gasteiger partial charge in [0.25, 0.3) is 0 Å². The first-order chi connectivity index (χ1) is 6.69. The molecule has 1 aliphatic carbocycles. The molecule has 0 spiro atoms. The minimum absolute atomic E-state index is 0.120. The molecular formula is C10H19NO3. The average molecular weight is 201 g/mol. The minimum Gasteiger partial charge on any atom is -0.465 e. The molecule has 0 saturated heterocycles. The molecule has 1 fully saturated rings. The van der Waals surface area contributed by atoms with E-state index in [9.17, 15) is 4.79 Å². The van der Waals surface area contributed by atoms with E-state index in [0.717, 1.165) is 0 Å². The van der Waals surface area contributed by atoms with E-state index in [0.29, 0.717) is 18.9 Å². The van der Waals surface area contributed by atoms with Gasteiger partial charge in [-0.3, -0.25) is 4.79 Å². The summed E-state index contributed by atoms with van der Waals surface area (Å²) in [6.07, 6.45) is 3.07. The molecule has 4 heteroatoms. The van der Waals surface area contributed by atoms with E-state index in [1.165, 1.54) is 12.8 Å². The summed E-state index contributed by atoms with van der Waals surface area (Å²) in [5.41, 5.74) is 5.69. The maximum atomic E-state index is 11.2. The number of methoxy groups -OCH3 is 1. The summed E-state index contributed by atoms with van der Waals surface area (Å²) in [5.74, 6) is 0.274. The van der Waals surface area contributed by atoms with Crippen LogP contribution in [0.5, 0.6) is 0 Å². The zero-order chi connectivity index (χ0) is 10.6. The molecular weight excluding hydrogens is 182 g/mol. The molecule has 2 atom stereocenters. The van der Waals surface area contributed by atoms with Crippen molar-refractivity contribution in [1.29, 1.82) is 0 Å². The lowest BCUT2D eigenvalue weighted by Crippen LogP contribution is -2.36. The number of ether oxygens (including phenoxy) is 2.